The zero-order chi connectivity index (χ0) is 22.5. The molecule has 11 heteroatoms. The Morgan fingerprint density at radius 1 is 1.06 bits per heavy atom. The lowest BCUT2D eigenvalue weighted by molar-refractivity contribution is -0.124. The van der Waals surface area contributed by atoms with E-state index in [1.807, 2.05) is 6.07 Å². The second-order valence-electron chi connectivity index (χ2n) is 7.08. The van der Waals surface area contributed by atoms with E-state index in [2.05, 4.69) is 10.0 Å². The van der Waals surface area contributed by atoms with Gasteiger partial charge in [0, 0.05) is 12.6 Å². The number of sulfonamides is 1. The minimum absolute atomic E-state index is 0.0112. The Labute approximate surface area is 180 Å². The lowest BCUT2D eigenvalue weighted by Crippen LogP contribution is -2.38. The second-order valence-corrected chi connectivity index (χ2v) is 11.1. The predicted octanol–water partition coefficient (Wildman–Crippen LogP) is 0.625. The number of rotatable bonds is 8. The molecule has 31 heavy (non-hydrogen) atoms. The van der Waals surface area contributed by atoms with E-state index >= 15 is 0 Å². The summed E-state index contributed by atoms with van der Waals surface area (Å²) in [5, 5.41) is 2.51. The van der Waals surface area contributed by atoms with Gasteiger partial charge < -0.3 is 10.1 Å². The maximum absolute atomic E-state index is 12.5. The first-order valence-corrected chi connectivity index (χ1v) is 12.8. The maximum atomic E-state index is 12.5. The molecular weight excluding hydrogens is 444 g/mol. The van der Waals surface area contributed by atoms with Gasteiger partial charge in [-0.3, -0.25) is 4.79 Å². The number of carbonyl (C=O) groups is 2. The van der Waals surface area contributed by atoms with Gasteiger partial charge in [-0.2, -0.15) is 0 Å². The average Bonchev–Trinajstić information content (AvgIpc) is 3.09. The number of hydrogen-bond acceptors (Lipinski definition) is 7. The molecule has 1 fully saturated rings. The van der Waals surface area contributed by atoms with Crippen molar-refractivity contribution in [1.29, 1.82) is 0 Å². The normalized spacial score (nSPS) is 17.7. The van der Waals surface area contributed by atoms with Gasteiger partial charge in [0.25, 0.3) is 5.91 Å². The van der Waals surface area contributed by atoms with Crippen LogP contribution in [0.5, 0.6) is 0 Å². The molecule has 0 aliphatic carbocycles. The van der Waals surface area contributed by atoms with Gasteiger partial charge in [-0.25, -0.2) is 26.4 Å². The molecule has 1 aliphatic rings. The number of carbonyl (C=O) groups excluding carboxylic acids is 2. The van der Waals surface area contributed by atoms with Gasteiger partial charge in [0.1, 0.15) is 0 Å². The summed E-state index contributed by atoms with van der Waals surface area (Å²) in [7, 11) is -7.01. The number of esters is 1. The molecule has 166 valence electrons. The summed E-state index contributed by atoms with van der Waals surface area (Å²) in [5.74, 6) is -1.61. The molecule has 0 unspecified atom stereocenters. The first kappa shape index (κ1) is 22.9. The van der Waals surface area contributed by atoms with Crippen LogP contribution in [0.1, 0.15) is 22.3 Å². The van der Waals surface area contributed by atoms with Crippen LogP contribution < -0.4 is 10.0 Å². The standard InChI is InChI=1S/C20H22N2O7S2/c23-19(22-17-9-10-30(25,26)14-17)13-29-20(24)16-7-4-8-18(11-16)31(27,28)21-12-15-5-2-1-3-6-15/h1-8,11,17,21H,9-10,12-14H2,(H,22,23)/t17-/m1/s1. The van der Waals surface area contributed by atoms with E-state index in [1.165, 1.54) is 18.2 Å². The highest BCUT2D eigenvalue weighted by atomic mass is 32.2. The minimum atomic E-state index is -3.87. The van der Waals surface area contributed by atoms with Crippen molar-refractivity contribution >= 4 is 31.7 Å². The molecule has 3 rings (SSSR count). The van der Waals surface area contributed by atoms with E-state index in [4.69, 9.17) is 4.74 Å². The molecule has 0 spiro atoms. The highest BCUT2D eigenvalue weighted by Crippen LogP contribution is 2.14. The van der Waals surface area contributed by atoms with Gasteiger partial charge in [0.2, 0.25) is 10.0 Å². The molecule has 1 aliphatic heterocycles. The summed E-state index contributed by atoms with van der Waals surface area (Å²) in [4.78, 5) is 24.0. The number of ether oxygens (including phenoxy) is 1. The van der Waals surface area contributed by atoms with Gasteiger partial charge in [-0.05, 0) is 30.2 Å². The van der Waals surface area contributed by atoms with Crippen LogP contribution in [0.25, 0.3) is 0 Å². The van der Waals surface area contributed by atoms with E-state index in [-0.39, 0.29) is 28.5 Å². The Morgan fingerprint density at radius 2 is 1.81 bits per heavy atom. The van der Waals surface area contributed by atoms with E-state index in [0.29, 0.717) is 6.42 Å². The first-order chi connectivity index (χ1) is 14.6. The number of sulfone groups is 1. The molecular formula is C20H22N2O7S2. The summed E-state index contributed by atoms with van der Waals surface area (Å²) < 4.78 is 55.3. The lowest BCUT2D eigenvalue weighted by Gasteiger charge is -2.11. The zero-order valence-corrected chi connectivity index (χ0v) is 18.1. The van der Waals surface area contributed by atoms with Gasteiger partial charge >= 0.3 is 5.97 Å². The number of amides is 1. The topological polar surface area (TPSA) is 136 Å². The minimum Gasteiger partial charge on any atom is -0.452 e. The van der Waals surface area contributed by atoms with Crippen LogP contribution in [0.2, 0.25) is 0 Å². The van der Waals surface area contributed by atoms with Crippen LogP contribution >= 0.6 is 0 Å². The van der Waals surface area contributed by atoms with Crippen LogP contribution in [0.4, 0.5) is 0 Å². The third-order valence-corrected chi connectivity index (χ3v) is 7.79. The van der Waals surface area contributed by atoms with Gasteiger partial charge in [-0.15, -0.1) is 0 Å². The fourth-order valence-electron chi connectivity index (χ4n) is 3.04. The zero-order valence-electron chi connectivity index (χ0n) is 16.5. The first-order valence-electron chi connectivity index (χ1n) is 9.45. The van der Waals surface area contributed by atoms with Crippen LogP contribution in [-0.2, 0) is 35.9 Å². The van der Waals surface area contributed by atoms with Crippen molar-refractivity contribution in [2.75, 3.05) is 18.1 Å². The van der Waals surface area contributed by atoms with Crippen molar-refractivity contribution in [2.45, 2.75) is 23.9 Å². The van der Waals surface area contributed by atoms with Gasteiger partial charge in [-0.1, -0.05) is 36.4 Å². The third kappa shape index (κ3) is 6.61. The van der Waals surface area contributed by atoms with E-state index in [0.717, 1.165) is 11.6 Å². The van der Waals surface area contributed by atoms with Gasteiger partial charge in [0.15, 0.2) is 16.4 Å². The summed E-state index contributed by atoms with van der Waals surface area (Å²) in [6.07, 6.45) is 0.317. The molecule has 1 amide bonds. The second kappa shape index (κ2) is 9.58. The van der Waals surface area contributed by atoms with Crippen LogP contribution in [0.15, 0.2) is 59.5 Å². The number of benzene rings is 2. The fourth-order valence-corrected chi connectivity index (χ4v) is 5.78. The van der Waals surface area contributed by atoms with E-state index in [9.17, 15) is 26.4 Å². The highest BCUT2D eigenvalue weighted by molar-refractivity contribution is 7.91. The fraction of sp³-hybridized carbons (Fsp3) is 0.300. The highest BCUT2D eigenvalue weighted by Gasteiger charge is 2.29. The number of hydrogen-bond donors (Lipinski definition) is 2. The van der Waals surface area contributed by atoms with Crippen molar-refractivity contribution < 1.29 is 31.2 Å². The lowest BCUT2D eigenvalue weighted by atomic mass is 10.2. The molecule has 0 bridgehead atoms. The average molecular weight is 467 g/mol. The molecule has 1 atom stereocenters. The smallest absolute Gasteiger partial charge is 0.338 e. The maximum Gasteiger partial charge on any atom is 0.338 e. The van der Waals surface area contributed by atoms with Crippen LogP contribution in [-0.4, -0.2) is 52.9 Å². The van der Waals surface area contributed by atoms with Crippen molar-refractivity contribution in [2.24, 2.45) is 0 Å². The molecule has 2 aromatic carbocycles. The van der Waals surface area contributed by atoms with Crippen molar-refractivity contribution in [3.05, 3.63) is 65.7 Å². The van der Waals surface area contributed by atoms with E-state index in [1.54, 1.807) is 24.3 Å². The Balaban J connectivity index is 1.56. The molecule has 9 nitrogen and oxygen atoms in total. The Bertz CT molecular complexity index is 1160. The summed E-state index contributed by atoms with van der Waals surface area (Å²) >= 11 is 0. The molecule has 1 saturated heterocycles. The summed E-state index contributed by atoms with van der Waals surface area (Å²) in [6.45, 7) is -0.506. The van der Waals surface area contributed by atoms with Crippen molar-refractivity contribution in [3.8, 4) is 0 Å². The van der Waals surface area contributed by atoms with Gasteiger partial charge in [0.05, 0.1) is 22.0 Å². The predicted molar refractivity (Wildman–Crippen MR) is 112 cm³/mol. The SMILES string of the molecule is O=C(COC(=O)c1cccc(S(=O)(=O)NCc2ccccc2)c1)N[C@@H]1CCS(=O)(=O)C1. The number of nitrogens with one attached hydrogen (secondary N) is 2. The molecule has 0 radical (unpaired) electrons. The van der Waals surface area contributed by atoms with Crippen molar-refractivity contribution in [1.82, 2.24) is 10.0 Å². The third-order valence-electron chi connectivity index (χ3n) is 4.62. The quantitative estimate of drug-likeness (QED) is 0.545. The molecule has 1 heterocycles. The monoisotopic (exact) mass is 466 g/mol. The molecule has 0 aromatic heterocycles. The largest absolute Gasteiger partial charge is 0.452 e. The van der Waals surface area contributed by atoms with E-state index < -0.39 is 44.4 Å². The Morgan fingerprint density at radius 3 is 2.48 bits per heavy atom. The van der Waals surface area contributed by atoms with Crippen LogP contribution in [0, 0.1) is 0 Å². The Kier molecular flexibility index (Phi) is 7.08. The summed E-state index contributed by atoms with van der Waals surface area (Å²) in [6, 6.07) is 13.8. The molecule has 2 N–H and O–H groups in total. The summed E-state index contributed by atoms with van der Waals surface area (Å²) in [5.41, 5.74) is 0.751. The van der Waals surface area contributed by atoms with Crippen LogP contribution in [0.3, 0.4) is 0 Å². The molecule has 2 aromatic rings. The molecule has 0 saturated carbocycles. The van der Waals surface area contributed by atoms with Crippen molar-refractivity contribution in [3.63, 3.8) is 0 Å². The Hall–Kier alpha value is -2.76.